The number of hydrogen-bond donors (Lipinski definition) is 2. The van der Waals surface area contributed by atoms with Gasteiger partial charge in [-0.15, -0.1) is 0 Å². The minimum atomic E-state index is -1.00. The van der Waals surface area contributed by atoms with Crippen LogP contribution in [-0.4, -0.2) is 61.3 Å². The number of rotatable bonds is 17. The van der Waals surface area contributed by atoms with Gasteiger partial charge in [0.2, 0.25) is 0 Å². The lowest BCUT2D eigenvalue weighted by Crippen LogP contribution is -2.49. The van der Waals surface area contributed by atoms with Gasteiger partial charge in [-0.25, -0.2) is 0 Å². The van der Waals surface area contributed by atoms with E-state index in [9.17, 15) is 19.8 Å². The van der Waals surface area contributed by atoms with Gasteiger partial charge in [0.15, 0.2) is 0 Å². The molecule has 0 rings (SSSR count). The Bertz CT molecular complexity index is 422. The van der Waals surface area contributed by atoms with Gasteiger partial charge in [0.1, 0.15) is 12.1 Å². The van der Waals surface area contributed by atoms with Gasteiger partial charge in [0.25, 0.3) is 0 Å². The summed E-state index contributed by atoms with van der Waals surface area (Å²) >= 11 is 0. The topological polar surface area (TPSA) is 89.5 Å². The number of nitrogens with one attached hydrogen (secondary N) is 1. The van der Waals surface area contributed by atoms with E-state index in [1.54, 1.807) is 21.1 Å². The Morgan fingerprint density at radius 3 is 1.62 bits per heavy atom. The van der Waals surface area contributed by atoms with Gasteiger partial charge < -0.3 is 24.8 Å². The van der Waals surface area contributed by atoms with Gasteiger partial charge in [-0.2, -0.15) is 0 Å². The Labute approximate surface area is 179 Å². The molecule has 0 aliphatic carbocycles. The van der Waals surface area contributed by atoms with Crippen LogP contribution in [0.2, 0.25) is 0 Å². The second-order valence-electron chi connectivity index (χ2n) is 9.32. The smallest absolute Gasteiger partial charge is 0.323 e. The zero-order valence-electron chi connectivity index (χ0n) is 20.0. The van der Waals surface area contributed by atoms with E-state index in [0.29, 0.717) is 4.48 Å². The van der Waals surface area contributed by atoms with Crippen molar-refractivity contribution in [2.24, 2.45) is 0 Å². The summed E-state index contributed by atoms with van der Waals surface area (Å²) < 4.78 is 0.419. The van der Waals surface area contributed by atoms with Crippen molar-refractivity contribution in [3.8, 4) is 0 Å². The molecule has 0 aliphatic heterocycles. The quantitative estimate of drug-likeness (QED) is 0.279. The number of likely N-dealkylation sites (N-methyl/N-ethyl adjacent to an activating group) is 1. The minimum Gasteiger partial charge on any atom is -0.544 e. The molecule has 0 aromatic carbocycles. The fourth-order valence-electron chi connectivity index (χ4n) is 3.03. The van der Waals surface area contributed by atoms with Gasteiger partial charge in [-0.05, 0) is 26.3 Å². The van der Waals surface area contributed by atoms with Crippen LogP contribution in [0.5, 0.6) is 0 Å². The molecule has 29 heavy (non-hydrogen) atoms. The van der Waals surface area contributed by atoms with Crippen molar-refractivity contribution in [3.63, 3.8) is 0 Å². The maximum Gasteiger partial charge on any atom is 0.323 e. The summed E-state index contributed by atoms with van der Waals surface area (Å²) in [5, 5.41) is 22.4. The Hall–Kier alpha value is -1.14. The van der Waals surface area contributed by atoms with E-state index >= 15 is 0 Å². The Morgan fingerprint density at radius 2 is 1.31 bits per heavy atom. The maximum absolute atomic E-state index is 11.4. The molecule has 0 spiro atoms. The zero-order chi connectivity index (χ0) is 22.8. The molecule has 174 valence electrons. The lowest BCUT2D eigenvalue weighted by Gasteiger charge is -2.26. The van der Waals surface area contributed by atoms with E-state index in [4.69, 9.17) is 0 Å². The Balaban J connectivity index is 0. The minimum absolute atomic E-state index is 0.0694. The number of quaternary nitrogens is 1. The second-order valence-corrected chi connectivity index (χ2v) is 9.32. The summed E-state index contributed by atoms with van der Waals surface area (Å²) in [6.07, 6.45) is 14.6. The molecule has 6 heteroatoms. The lowest BCUT2D eigenvalue weighted by atomic mass is 9.93. The number of unbranched alkanes of at least 4 members (excludes halogenated alkanes) is 9. The molecule has 1 atom stereocenters. The van der Waals surface area contributed by atoms with Crippen molar-refractivity contribution in [1.29, 1.82) is 0 Å². The summed E-state index contributed by atoms with van der Waals surface area (Å²) in [7, 11) is 5.40. The average molecular weight is 417 g/mol. The largest absolute Gasteiger partial charge is 0.544 e. The third-order valence-electron chi connectivity index (χ3n) is 4.87. The van der Waals surface area contributed by atoms with Crippen LogP contribution in [0.1, 0.15) is 97.8 Å². The fourth-order valence-corrected chi connectivity index (χ4v) is 3.03. The number of aliphatic carboxylic acids is 2. The molecule has 0 aromatic heterocycles. The lowest BCUT2D eigenvalue weighted by molar-refractivity contribution is -0.864. The number of carboxylic acid groups (broad SMARTS) is 2. The van der Waals surface area contributed by atoms with Crippen LogP contribution in [0.25, 0.3) is 0 Å². The highest BCUT2D eigenvalue weighted by atomic mass is 16.4. The van der Waals surface area contributed by atoms with Crippen molar-refractivity contribution in [3.05, 3.63) is 0 Å². The van der Waals surface area contributed by atoms with Gasteiger partial charge in [0, 0.05) is 0 Å². The Kier molecular flexibility index (Phi) is 18.3. The highest BCUT2D eigenvalue weighted by Crippen LogP contribution is 2.17. The van der Waals surface area contributed by atoms with Crippen LogP contribution in [0.4, 0.5) is 0 Å². The molecule has 0 amide bonds. The van der Waals surface area contributed by atoms with Crippen LogP contribution in [0.15, 0.2) is 0 Å². The van der Waals surface area contributed by atoms with Crippen molar-refractivity contribution < 1.29 is 24.3 Å². The first-order chi connectivity index (χ1) is 13.5. The van der Waals surface area contributed by atoms with Crippen molar-refractivity contribution in [1.82, 2.24) is 5.32 Å². The number of carbonyl (C=O) groups excluding carboxylic acids is 1. The molecule has 1 unspecified atom stereocenters. The summed E-state index contributed by atoms with van der Waals surface area (Å²) in [5.74, 6) is -1.72. The normalized spacial score (nSPS) is 13.3. The third kappa shape index (κ3) is 21.4. The molecular formula is C23H48N2O4. The van der Waals surface area contributed by atoms with Crippen LogP contribution in [-0.2, 0) is 9.59 Å². The molecule has 0 saturated carbocycles. The number of carboxylic acids is 2. The Morgan fingerprint density at radius 1 is 0.862 bits per heavy atom. The van der Waals surface area contributed by atoms with Gasteiger partial charge >= 0.3 is 5.97 Å². The summed E-state index contributed by atoms with van der Waals surface area (Å²) in [6.45, 7) is 6.98. The van der Waals surface area contributed by atoms with E-state index in [0.717, 1.165) is 32.2 Å². The highest BCUT2D eigenvalue weighted by Gasteiger charge is 2.31. The van der Waals surface area contributed by atoms with Gasteiger partial charge in [-0.1, -0.05) is 78.1 Å². The molecule has 0 aliphatic rings. The first-order valence-electron chi connectivity index (χ1n) is 11.5. The molecule has 0 heterocycles. The van der Waals surface area contributed by atoms with Crippen molar-refractivity contribution >= 4 is 11.9 Å². The first-order valence-corrected chi connectivity index (χ1v) is 11.5. The van der Waals surface area contributed by atoms with E-state index in [2.05, 4.69) is 19.2 Å². The standard InChI is InChI=1S/C18H37NO2.C5H11NO2/c1-4-6-7-8-9-10-11-12-13-14-15-18(3,17(20)21)19-16-5-2;1-6(2,3)4-5(7)8/h19H,4-16H2,1-3H3,(H,20,21);4H2,1-3H3. The predicted octanol–water partition coefficient (Wildman–Crippen LogP) is 3.58. The molecule has 0 aromatic rings. The molecule has 0 fully saturated rings. The van der Waals surface area contributed by atoms with Gasteiger partial charge in [-0.3, -0.25) is 4.79 Å². The SMILES string of the molecule is CCCCCCCCCCCCC(C)(NCCC)C(=O)O.C[N+](C)(C)CC(=O)[O-]. The van der Waals surface area contributed by atoms with Gasteiger partial charge in [0.05, 0.1) is 27.1 Å². The first kappa shape index (κ1) is 30.1. The predicted molar refractivity (Wildman–Crippen MR) is 119 cm³/mol. The van der Waals surface area contributed by atoms with Crippen LogP contribution in [0, 0.1) is 0 Å². The average Bonchev–Trinajstić information content (AvgIpc) is 2.59. The van der Waals surface area contributed by atoms with E-state index in [1.165, 1.54) is 51.4 Å². The van der Waals surface area contributed by atoms with E-state index < -0.39 is 17.5 Å². The maximum atomic E-state index is 11.4. The van der Waals surface area contributed by atoms with E-state index in [1.807, 2.05) is 6.92 Å². The molecule has 0 bridgehead atoms. The van der Waals surface area contributed by atoms with Crippen molar-refractivity contribution in [2.75, 3.05) is 34.2 Å². The molecule has 2 N–H and O–H groups in total. The van der Waals surface area contributed by atoms with Crippen molar-refractivity contribution in [2.45, 2.75) is 103 Å². The van der Waals surface area contributed by atoms with E-state index in [-0.39, 0.29) is 6.54 Å². The second kappa shape index (κ2) is 17.7. The van der Waals surface area contributed by atoms with Crippen LogP contribution < -0.4 is 10.4 Å². The molecule has 6 nitrogen and oxygen atoms in total. The van der Waals surface area contributed by atoms with Crippen LogP contribution >= 0.6 is 0 Å². The number of carbonyl (C=O) groups is 2. The summed E-state index contributed by atoms with van der Waals surface area (Å²) in [5.41, 5.74) is -0.740. The zero-order valence-corrected chi connectivity index (χ0v) is 20.0. The highest BCUT2D eigenvalue weighted by molar-refractivity contribution is 5.78. The number of nitrogens with zero attached hydrogens (tertiary/aromatic N) is 1. The molecular weight excluding hydrogens is 368 g/mol. The third-order valence-corrected chi connectivity index (χ3v) is 4.87. The van der Waals surface area contributed by atoms with Crippen LogP contribution in [0.3, 0.4) is 0 Å². The molecule has 0 radical (unpaired) electrons. The monoisotopic (exact) mass is 416 g/mol. The molecule has 0 saturated heterocycles. The summed E-state index contributed by atoms with van der Waals surface area (Å²) in [6, 6.07) is 0. The summed E-state index contributed by atoms with van der Waals surface area (Å²) in [4.78, 5) is 21.2. The fraction of sp³-hybridized carbons (Fsp3) is 0.913. The number of hydrogen-bond acceptors (Lipinski definition) is 4.